The topological polar surface area (TPSA) is 42.0 Å². The first-order valence-corrected chi connectivity index (χ1v) is 11.4. The fraction of sp³-hybridized carbons (Fsp3) is 0. The Morgan fingerprint density at radius 2 is 1.50 bits per heavy atom. The predicted octanol–water partition coefficient (Wildman–Crippen LogP) is 7.60. The lowest BCUT2D eigenvalue weighted by Gasteiger charge is -2.03. The van der Waals surface area contributed by atoms with Crippen LogP contribution in [0.5, 0.6) is 0 Å². The first-order valence-electron chi connectivity index (χ1n) is 9.29. The van der Waals surface area contributed by atoms with Gasteiger partial charge in [-0.1, -0.05) is 84.4 Å². The summed E-state index contributed by atoms with van der Waals surface area (Å²) >= 11 is 9.20. The van der Waals surface area contributed by atoms with Crippen LogP contribution >= 0.6 is 34.3 Å². The third-order valence-electron chi connectivity index (χ3n) is 4.75. The van der Waals surface area contributed by atoms with Gasteiger partial charge in [0.15, 0.2) is 5.13 Å². The quantitative estimate of drug-likeness (QED) is 0.309. The molecule has 0 fully saturated rings. The minimum atomic E-state index is -0.235. The van der Waals surface area contributed by atoms with Gasteiger partial charge in [-0.05, 0) is 17.2 Å². The molecule has 5 aromatic rings. The van der Waals surface area contributed by atoms with E-state index in [0.717, 1.165) is 26.9 Å². The van der Waals surface area contributed by atoms with Gasteiger partial charge in [0.2, 0.25) is 0 Å². The predicted molar refractivity (Wildman–Crippen MR) is 128 cm³/mol. The van der Waals surface area contributed by atoms with Crippen molar-refractivity contribution in [2.24, 2.45) is 0 Å². The van der Waals surface area contributed by atoms with Gasteiger partial charge in [-0.2, -0.15) is 0 Å². The molecule has 146 valence electrons. The molecule has 0 saturated heterocycles. The molecule has 0 spiro atoms. The van der Waals surface area contributed by atoms with E-state index in [1.54, 1.807) is 0 Å². The van der Waals surface area contributed by atoms with Gasteiger partial charge < -0.3 is 0 Å². The molecule has 3 aromatic carbocycles. The minimum Gasteiger partial charge on any atom is -0.297 e. The van der Waals surface area contributed by atoms with E-state index in [2.05, 4.69) is 34.6 Å². The van der Waals surface area contributed by atoms with Gasteiger partial charge in [-0.3, -0.25) is 10.1 Å². The van der Waals surface area contributed by atoms with Crippen molar-refractivity contribution in [2.75, 3.05) is 5.32 Å². The number of nitrogens with zero attached hydrogens (tertiary/aromatic N) is 1. The minimum absolute atomic E-state index is 0.235. The zero-order chi connectivity index (χ0) is 20.5. The van der Waals surface area contributed by atoms with E-state index >= 15 is 0 Å². The Morgan fingerprint density at radius 1 is 0.833 bits per heavy atom. The van der Waals surface area contributed by atoms with Crippen LogP contribution in [-0.2, 0) is 0 Å². The smallest absolute Gasteiger partial charge is 0.269 e. The summed E-state index contributed by atoms with van der Waals surface area (Å²) in [6.07, 6.45) is 0. The van der Waals surface area contributed by atoms with Crippen molar-refractivity contribution in [1.29, 1.82) is 0 Å². The molecule has 0 bridgehead atoms. The number of halogens is 1. The molecule has 3 nitrogen and oxygen atoms in total. The van der Waals surface area contributed by atoms with E-state index in [9.17, 15) is 4.79 Å². The number of thiophene rings is 1. The van der Waals surface area contributed by atoms with E-state index in [1.807, 2.05) is 60.0 Å². The molecule has 0 saturated carbocycles. The van der Waals surface area contributed by atoms with Crippen LogP contribution in [0.3, 0.4) is 0 Å². The highest BCUT2D eigenvalue weighted by Gasteiger charge is 2.18. The van der Waals surface area contributed by atoms with Gasteiger partial charge in [0.25, 0.3) is 5.91 Å². The number of amides is 1. The number of hydrogen-bond acceptors (Lipinski definition) is 4. The van der Waals surface area contributed by atoms with Crippen molar-refractivity contribution in [1.82, 2.24) is 4.98 Å². The molecule has 30 heavy (non-hydrogen) atoms. The maximum atomic E-state index is 12.7. The van der Waals surface area contributed by atoms with E-state index in [0.29, 0.717) is 15.0 Å². The van der Waals surface area contributed by atoms with Crippen molar-refractivity contribution < 1.29 is 4.79 Å². The Bertz CT molecular complexity index is 1340. The molecule has 2 heterocycles. The van der Waals surface area contributed by atoms with E-state index in [4.69, 9.17) is 11.6 Å². The Hall–Kier alpha value is -2.99. The Balaban J connectivity index is 1.35. The average molecular weight is 447 g/mol. The molecule has 1 N–H and O–H groups in total. The standard InChI is InChI=1S/C24H15ClN2OS2/c25-21-18-8-4-5-9-20(18)30-22(21)23(28)27-24-26-19(14-29-24)17-12-10-16(11-13-17)15-6-2-1-3-7-15/h1-14H,(H,26,27,28). The Morgan fingerprint density at radius 3 is 2.27 bits per heavy atom. The highest BCUT2D eigenvalue weighted by atomic mass is 35.5. The van der Waals surface area contributed by atoms with Crippen molar-refractivity contribution in [3.8, 4) is 22.4 Å². The monoisotopic (exact) mass is 446 g/mol. The lowest BCUT2D eigenvalue weighted by molar-refractivity contribution is 0.103. The lowest BCUT2D eigenvalue weighted by Crippen LogP contribution is -2.10. The molecule has 0 aliphatic carbocycles. The lowest BCUT2D eigenvalue weighted by atomic mass is 10.0. The number of anilines is 1. The van der Waals surface area contributed by atoms with Gasteiger partial charge >= 0.3 is 0 Å². The number of aromatic nitrogens is 1. The molecule has 0 radical (unpaired) electrons. The molecule has 0 aliphatic heterocycles. The van der Waals surface area contributed by atoms with Gasteiger partial charge in [0, 0.05) is 21.0 Å². The normalized spacial score (nSPS) is 11.0. The summed E-state index contributed by atoms with van der Waals surface area (Å²) in [6.45, 7) is 0. The van der Waals surface area contributed by atoms with Gasteiger partial charge in [-0.25, -0.2) is 4.98 Å². The molecule has 0 unspecified atom stereocenters. The average Bonchev–Trinajstić information content (AvgIpc) is 3.39. The number of fused-ring (bicyclic) bond motifs is 1. The largest absolute Gasteiger partial charge is 0.297 e. The first-order chi connectivity index (χ1) is 14.7. The van der Waals surface area contributed by atoms with Gasteiger partial charge in [-0.15, -0.1) is 22.7 Å². The summed E-state index contributed by atoms with van der Waals surface area (Å²) in [7, 11) is 0. The Labute approximate surface area is 186 Å². The van der Waals surface area contributed by atoms with E-state index < -0.39 is 0 Å². The second-order valence-electron chi connectivity index (χ2n) is 6.68. The third kappa shape index (κ3) is 3.63. The fourth-order valence-corrected chi connectivity index (χ4v) is 5.37. The molecule has 1 amide bonds. The maximum Gasteiger partial charge on any atom is 0.269 e. The van der Waals surface area contributed by atoms with Crippen LogP contribution in [0.1, 0.15) is 9.67 Å². The number of thiazole rings is 1. The van der Waals surface area contributed by atoms with E-state index in [1.165, 1.54) is 28.2 Å². The van der Waals surface area contributed by atoms with Crippen LogP contribution in [0, 0.1) is 0 Å². The van der Waals surface area contributed by atoms with Crippen LogP contribution in [0.4, 0.5) is 5.13 Å². The summed E-state index contributed by atoms with van der Waals surface area (Å²) in [5.74, 6) is -0.235. The molecule has 5 rings (SSSR count). The van der Waals surface area contributed by atoms with Crippen molar-refractivity contribution in [2.45, 2.75) is 0 Å². The second kappa shape index (κ2) is 8.03. The molecule has 0 atom stereocenters. The number of carbonyl (C=O) groups is 1. The number of hydrogen-bond donors (Lipinski definition) is 1. The third-order valence-corrected chi connectivity index (χ3v) is 7.19. The molecule has 0 aliphatic rings. The summed E-state index contributed by atoms with van der Waals surface area (Å²) < 4.78 is 0.992. The molecule has 2 aromatic heterocycles. The summed E-state index contributed by atoms with van der Waals surface area (Å²) in [4.78, 5) is 17.8. The first kappa shape index (κ1) is 19.0. The Kier molecular flexibility index (Phi) is 5.09. The fourth-order valence-electron chi connectivity index (χ4n) is 3.24. The van der Waals surface area contributed by atoms with Crippen molar-refractivity contribution >= 4 is 55.4 Å². The molecular formula is C24H15ClN2OS2. The summed E-state index contributed by atoms with van der Waals surface area (Å²) in [6, 6.07) is 26.2. The van der Waals surface area contributed by atoms with E-state index in [-0.39, 0.29) is 5.91 Å². The van der Waals surface area contributed by atoms with Crippen LogP contribution < -0.4 is 5.32 Å². The molecule has 6 heteroatoms. The van der Waals surface area contributed by atoms with Gasteiger partial charge in [0.05, 0.1) is 10.7 Å². The zero-order valence-electron chi connectivity index (χ0n) is 15.6. The van der Waals surface area contributed by atoms with Crippen LogP contribution in [0.25, 0.3) is 32.5 Å². The number of rotatable bonds is 4. The highest BCUT2D eigenvalue weighted by Crippen LogP contribution is 2.36. The zero-order valence-corrected chi connectivity index (χ0v) is 18.0. The van der Waals surface area contributed by atoms with Crippen LogP contribution in [-0.4, -0.2) is 10.9 Å². The molecular weight excluding hydrogens is 432 g/mol. The van der Waals surface area contributed by atoms with Crippen LogP contribution in [0.2, 0.25) is 5.02 Å². The summed E-state index contributed by atoms with van der Waals surface area (Å²) in [5.41, 5.74) is 4.17. The SMILES string of the molecule is O=C(Nc1nc(-c2ccc(-c3ccccc3)cc2)cs1)c1sc2ccccc2c1Cl. The van der Waals surface area contributed by atoms with Crippen LogP contribution in [0.15, 0.2) is 84.2 Å². The number of nitrogens with one attached hydrogen (secondary N) is 1. The number of carbonyl (C=O) groups excluding carboxylic acids is 1. The maximum absolute atomic E-state index is 12.7. The second-order valence-corrected chi connectivity index (χ2v) is 8.96. The number of benzene rings is 3. The van der Waals surface area contributed by atoms with Gasteiger partial charge in [0.1, 0.15) is 4.88 Å². The summed E-state index contributed by atoms with van der Waals surface area (Å²) in [5, 5.41) is 6.76. The van der Waals surface area contributed by atoms with Crippen molar-refractivity contribution in [3.63, 3.8) is 0 Å². The van der Waals surface area contributed by atoms with Crippen molar-refractivity contribution in [3.05, 3.63) is 94.1 Å². The highest BCUT2D eigenvalue weighted by molar-refractivity contribution is 7.21.